The van der Waals surface area contributed by atoms with Crippen molar-refractivity contribution in [3.05, 3.63) is 59.3 Å². The molecule has 1 heterocycles. The van der Waals surface area contributed by atoms with Gasteiger partial charge < -0.3 is 14.8 Å². The van der Waals surface area contributed by atoms with Crippen molar-refractivity contribution in [2.45, 2.75) is 32.5 Å². The molecule has 0 aliphatic rings. The SMILES string of the molecule is Cc1ccoc1CNC(C)C(O)c1ccc(F)cc1. The van der Waals surface area contributed by atoms with Gasteiger partial charge >= 0.3 is 0 Å². The van der Waals surface area contributed by atoms with E-state index in [0.717, 1.165) is 11.3 Å². The van der Waals surface area contributed by atoms with E-state index in [4.69, 9.17) is 4.42 Å². The Kier molecular flexibility index (Phi) is 4.35. The first-order valence-electron chi connectivity index (χ1n) is 6.28. The van der Waals surface area contributed by atoms with Gasteiger partial charge in [0, 0.05) is 6.04 Å². The fourth-order valence-corrected chi connectivity index (χ4v) is 1.90. The van der Waals surface area contributed by atoms with E-state index in [-0.39, 0.29) is 11.9 Å². The maximum Gasteiger partial charge on any atom is 0.123 e. The van der Waals surface area contributed by atoms with Gasteiger partial charge in [-0.05, 0) is 43.2 Å². The van der Waals surface area contributed by atoms with Crippen LogP contribution in [0.4, 0.5) is 4.39 Å². The number of aryl methyl sites for hydroxylation is 1. The minimum Gasteiger partial charge on any atom is -0.468 e. The van der Waals surface area contributed by atoms with Gasteiger partial charge in [-0.15, -0.1) is 0 Å². The molecule has 2 aromatic rings. The Morgan fingerprint density at radius 1 is 1.26 bits per heavy atom. The number of aliphatic hydroxyl groups is 1. The molecule has 0 spiro atoms. The molecular weight excluding hydrogens is 245 g/mol. The van der Waals surface area contributed by atoms with Gasteiger partial charge in [-0.1, -0.05) is 12.1 Å². The van der Waals surface area contributed by atoms with Crippen LogP contribution in [0.5, 0.6) is 0 Å². The van der Waals surface area contributed by atoms with Crippen LogP contribution in [0.15, 0.2) is 41.0 Å². The molecular formula is C15H18FNO2. The molecule has 102 valence electrons. The molecule has 2 rings (SSSR count). The van der Waals surface area contributed by atoms with Crippen molar-refractivity contribution in [1.29, 1.82) is 0 Å². The lowest BCUT2D eigenvalue weighted by Crippen LogP contribution is -2.31. The third kappa shape index (κ3) is 3.43. The van der Waals surface area contributed by atoms with E-state index in [9.17, 15) is 9.50 Å². The van der Waals surface area contributed by atoms with Crippen molar-refractivity contribution in [1.82, 2.24) is 5.32 Å². The second-order valence-corrected chi connectivity index (χ2v) is 4.69. The van der Waals surface area contributed by atoms with E-state index in [0.29, 0.717) is 12.1 Å². The molecule has 0 saturated heterocycles. The molecule has 0 fully saturated rings. The molecule has 1 aromatic carbocycles. The standard InChI is InChI=1S/C15H18FNO2/c1-10-7-8-19-14(10)9-17-11(2)15(18)12-3-5-13(16)6-4-12/h3-8,11,15,17-18H,9H2,1-2H3. The summed E-state index contributed by atoms with van der Waals surface area (Å²) in [5.74, 6) is 0.556. The zero-order chi connectivity index (χ0) is 13.8. The number of furan rings is 1. The number of nitrogens with one attached hydrogen (secondary N) is 1. The van der Waals surface area contributed by atoms with Crippen LogP contribution in [-0.4, -0.2) is 11.1 Å². The molecule has 2 unspecified atom stereocenters. The molecule has 2 N–H and O–H groups in total. The highest BCUT2D eigenvalue weighted by atomic mass is 19.1. The third-order valence-electron chi connectivity index (χ3n) is 3.24. The molecule has 2 atom stereocenters. The largest absolute Gasteiger partial charge is 0.468 e. The minimum absolute atomic E-state index is 0.157. The molecule has 0 amide bonds. The molecule has 0 aliphatic carbocycles. The summed E-state index contributed by atoms with van der Waals surface area (Å²) in [6, 6.07) is 7.63. The molecule has 0 saturated carbocycles. The first-order chi connectivity index (χ1) is 9.08. The van der Waals surface area contributed by atoms with Crippen LogP contribution in [0.1, 0.15) is 29.9 Å². The summed E-state index contributed by atoms with van der Waals surface area (Å²) in [6.07, 6.45) is 0.962. The van der Waals surface area contributed by atoms with Crippen molar-refractivity contribution in [3.8, 4) is 0 Å². The molecule has 1 aromatic heterocycles. The Bertz CT molecular complexity index is 521. The monoisotopic (exact) mass is 263 g/mol. The third-order valence-corrected chi connectivity index (χ3v) is 3.24. The first-order valence-corrected chi connectivity index (χ1v) is 6.28. The quantitative estimate of drug-likeness (QED) is 0.871. The Morgan fingerprint density at radius 3 is 2.53 bits per heavy atom. The summed E-state index contributed by atoms with van der Waals surface area (Å²) in [7, 11) is 0. The fourth-order valence-electron chi connectivity index (χ4n) is 1.90. The lowest BCUT2D eigenvalue weighted by molar-refractivity contribution is 0.134. The van der Waals surface area contributed by atoms with E-state index in [1.165, 1.54) is 12.1 Å². The minimum atomic E-state index is -0.684. The molecule has 0 bridgehead atoms. The van der Waals surface area contributed by atoms with Crippen LogP contribution < -0.4 is 5.32 Å². The predicted molar refractivity (Wildman–Crippen MR) is 71.1 cm³/mol. The van der Waals surface area contributed by atoms with Gasteiger partial charge in [-0.2, -0.15) is 0 Å². The lowest BCUT2D eigenvalue weighted by atomic mass is 10.0. The molecule has 4 heteroatoms. The lowest BCUT2D eigenvalue weighted by Gasteiger charge is -2.20. The summed E-state index contributed by atoms with van der Waals surface area (Å²) < 4.78 is 18.1. The smallest absolute Gasteiger partial charge is 0.123 e. The van der Waals surface area contributed by atoms with Crippen LogP contribution in [-0.2, 0) is 6.54 Å². The number of aliphatic hydroxyl groups excluding tert-OH is 1. The van der Waals surface area contributed by atoms with Crippen molar-refractivity contribution < 1.29 is 13.9 Å². The maximum absolute atomic E-state index is 12.8. The number of halogens is 1. The highest BCUT2D eigenvalue weighted by molar-refractivity contribution is 5.20. The fraction of sp³-hybridized carbons (Fsp3) is 0.333. The average Bonchev–Trinajstić information content (AvgIpc) is 2.81. The second-order valence-electron chi connectivity index (χ2n) is 4.69. The summed E-state index contributed by atoms with van der Waals surface area (Å²) in [5.41, 5.74) is 1.77. The number of rotatable bonds is 5. The number of hydrogen-bond acceptors (Lipinski definition) is 3. The first kappa shape index (κ1) is 13.8. The van der Waals surface area contributed by atoms with Crippen molar-refractivity contribution in [2.75, 3.05) is 0 Å². The summed E-state index contributed by atoms with van der Waals surface area (Å²) in [4.78, 5) is 0. The van der Waals surface area contributed by atoms with Crippen molar-refractivity contribution in [3.63, 3.8) is 0 Å². The van der Waals surface area contributed by atoms with Crippen LogP contribution in [0.3, 0.4) is 0 Å². The summed E-state index contributed by atoms with van der Waals surface area (Å²) in [5, 5.41) is 13.4. The van der Waals surface area contributed by atoms with Crippen LogP contribution in [0.2, 0.25) is 0 Å². The van der Waals surface area contributed by atoms with Crippen LogP contribution in [0, 0.1) is 12.7 Å². The van der Waals surface area contributed by atoms with Crippen molar-refractivity contribution in [2.24, 2.45) is 0 Å². The van der Waals surface area contributed by atoms with E-state index >= 15 is 0 Å². The summed E-state index contributed by atoms with van der Waals surface area (Å²) >= 11 is 0. The van der Waals surface area contributed by atoms with E-state index < -0.39 is 6.10 Å². The Balaban J connectivity index is 1.94. The summed E-state index contributed by atoms with van der Waals surface area (Å²) in [6.45, 7) is 4.41. The van der Waals surface area contributed by atoms with Crippen LogP contribution in [0.25, 0.3) is 0 Å². The second kappa shape index (κ2) is 5.99. The molecule has 0 aliphatic heterocycles. The van der Waals surface area contributed by atoms with Gasteiger partial charge in [0.15, 0.2) is 0 Å². The highest BCUT2D eigenvalue weighted by Gasteiger charge is 2.16. The van der Waals surface area contributed by atoms with Gasteiger partial charge in [0.1, 0.15) is 11.6 Å². The molecule has 0 radical (unpaired) electrons. The Labute approximate surface area is 112 Å². The van der Waals surface area contributed by atoms with Gasteiger partial charge in [0.2, 0.25) is 0 Å². The van der Waals surface area contributed by atoms with E-state index in [1.807, 2.05) is 19.9 Å². The average molecular weight is 263 g/mol. The van der Waals surface area contributed by atoms with E-state index in [1.54, 1.807) is 18.4 Å². The zero-order valence-corrected chi connectivity index (χ0v) is 11.1. The predicted octanol–water partition coefficient (Wildman–Crippen LogP) is 2.94. The van der Waals surface area contributed by atoms with Gasteiger partial charge in [0.05, 0.1) is 18.9 Å². The molecule has 19 heavy (non-hydrogen) atoms. The van der Waals surface area contributed by atoms with E-state index in [2.05, 4.69) is 5.32 Å². The molecule has 3 nitrogen and oxygen atoms in total. The Hall–Kier alpha value is -1.65. The zero-order valence-electron chi connectivity index (χ0n) is 11.1. The highest BCUT2D eigenvalue weighted by Crippen LogP contribution is 2.18. The van der Waals surface area contributed by atoms with Gasteiger partial charge in [-0.3, -0.25) is 0 Å². The maximum atomic E-state index is 12.8. The van der Waals surface area contributed by atoms with Gasteiger partial charge in [-0.25, -0.2) is 4.39 Å². The normalized spacial score (nSPS) is 14.3. The number of hydrogen-bond donors (Lipinski definition) is 2. The van der Waals surface area contributed by atoms with Crippen LogP contribution >= 0.6 is 0 Å². The number of benzene rings is 1. The Morgan fingerprint density at radius 2 is 1.95 bits per heavy atom. The van der Waals surface area contributed by atoms with Crippen molar-refractivity contribution >= 4 is 0 Å². The topological polar surface area (TPSA) is 45.4 Å². The van der Waals surface area contributed by atoms with Gasteiger partial charge in [0.25, 0.3) is 0 Å².